The van der Waals surface area contributed by atoms with Crippen LogP contribution in [0.2, 0.25) is 0 Å². The van der Waals surface area contributed by atoms with Gasteiger partial charge in [0.2, 0.25) is 11.8 Å². The lowest BCUT2D eigenvalue weighted by molar-refractivity contribution is -0.137. The smallest absolute Gasteiger partial charge is 0.227 e. The van der Waals surface area contributed by atoms with E-state index in [1.165, 1.54) is 5.56 Å². The third-order valence-electron chi connectivity index (χ3n) is 5.28. The molecule has 2 fully saturated rings. The predicted molar refractivity (Wildman–Crippen MR) is 98.1 cm³/mol. The summed E-state index contributed by atoms with van der Waals surface area (Å²) in [4.78, 5) is 29.1. The minimum atomic E-state index is 0.120. The molecular weight excluding hydrogens is 314 g/mol. The van der Waals surface area contributed by atoms with Gasteiger partial charge in [-0.15, -0.1) is 0 Å². The highest BCUT2D eigenvalue weighted by Gasteiger charge is 2.28. The Morgan fingerprint density at radius 1 is 1.00 bits per heavy atom. The van der Waals surface area contributed by atoms with Gasteiger partial charge in [0, 0.05) is 39.1 Å². The number of hydrogen-bond donors (Lipinski definition) is 1. The Morgan fingerprint density at radius 3 is 2.52 bits per heavy atom. The Morgan fingerprint density at radius 2 is 1.76 bits per heavy atom. The molecule has 1 aromatic carbocycles. The van der Waals surface area contributed by atoms with Crippen molar-refractivity contribution in [2.24, 2.45) is 5.92 Å². The van der Waals surface area contributed by atoms with Gasteiger partial charge < -0.3 is 15.1 Å². The van der Waals surface area contributed by atoms with Gasteiger partial charge in [0.1, 0.15) is 0 Å². The van der Waals surface area contributed by atoms with Crippen molar-refractivity contribution in [1.82, 2.24) is 15.1 Å². The quantitative estimate of drug-likeness (QED) is 0.905. The molecule has 0 aliphatic carbocycles. The first-order valence-electron chi connectivity index (χ1n) is 9.55. The normalized spacial score (nSPS) is 21.7. The molecule has 5 heteroatoms. The molecular formula is C20H29N3O2. The molecule has 2 aliphatic rings. The number of carbonyl (C=O) groups excluding carboxylic acids is 2. The van der Waals surface area contributed by atoms with E-state index >= 15 is 0 Å². The van der Waals surface area contributed by atoms with Crippen LogP contribution in [0.15, 0.2) is 30.3 Å². The standard InChI is InChI=1S/C20H29N3O2/c24-19(10-9-17-6-2-1-3-7-17)22-12-5-13-23(15-14-22)20(25)18-8-4-11-21-16-18/h1-3,6-7,18,21H,4-5,8-16H2. The van der Waals surface area contributed by atoms with Crippen LogP contribution in [0, 0.1) is 5.92 Å². The Hall–Kier alpha value is -1.88. The fourth-order valence-corrected chi connectivity index (χ4v) is 3.76. The number of nitrogens with one attached hydrogen (secondary N) is 1. The van der Waals surface area contributed by atoms with Crippen LogP contribution in [-0.2, 0) is 16.0 Å². The summed E-state index contributed by atoms with van der Waals surface area (Å²) >= 11 is 0. The Bertz CT molecular complexity index is 570. The summed E-state index contributed by atoms with van der Waals surface area (Å²) < 4.78 is 0. The summed E-state index contributed by atoms with van der Waals surface area (Å²) in [5.74, 6) is 0.595. The molecule has 2 amide bonds. The second-order valence-corrected chi connectivity index (χ2v) is 7.09. The lowest BCUT2D eigenvalue weighted by Crippen LogP contribution is -2.44. The van der Waals surface area contributed by atoms with Gasteiger partial charge in [0.05, 0.1) is 5.92 Å². The molecule has 1 unspecified atom stereocenters. The molecule has 1 atom stereocenters. The Kier molecular flexibility index (Phi) is 6.45. The number of amides is 2. The molecule has 3 rings (SSSR count). The van der Waals surface area contributed by atoms with E-state index < -0.39 is 0 Å². The second-order valence-electron chi connectivity index (χ2n) is 7.09. The molecule has 136 valence electrons. The van der Waals surface area contributed by atoms with Crippen molar-refractivity contribution in [2.75, 3.05) is 39.3 Å². The number of rotatable bonds is 4. The maximum Gasteiger partial charge on any atom is 0.227 e. The zero-order valence-electron chi connectivity index (χ0n) is 15.0. The van der Waals surface area contributed by atoms with E-state index in [1.807, 2.05) is 28.0 Å². The third kappa shape index (κ3) is 5.05. The van der Waals surface area contributed by atoms with Crippen molar-refractivity contribution < 1.29 is 9.59 Å². The summed E-state index contributed by atoms with van der Waals surface area (Å²) in [7, 11) is 0. The fourth-order valence-electron chi connectivity index (χ4n) is 3.76. The van der Waals surface area contributed by atoms with Gasteiger partial charge >= 0.3 is 0 Å². The van der Waals surface area contributed by atoms with Crippen LogP contribution in [0.3, 0.4) is 0 Å². The molecule has 0 radical (unpaired) electrons. The zero-order chi connectivity index (χ0) is 17.5. The lowest BCUT2D eigenvalue weighted by atomic mass is 9.98. The molecule has 0 saturated carbocycles. The molecule has 2 aliphatic heterocycles. The van der Waals surface area contributed by atoms with E-state index in [9.17, 15) is 9.59 Å². The highest BCUT2D eigenvalue weighted by molar-refractivity contribution is 5.80. The average Bonchev–Trinajstić information content (AvgIpc) is 2.93. The summed E-state index contributed by atoms with van der Waals surface area (Å²) in [6.07, 6.45) is 4.27. The largest absolute Gasteiger partial charge is 0.341 e. The van der Waals surface area contributed by atoms with Crippen LogP contribution in [0.5, 0.6) is 0 Å². The van der Waals surface area contributed by atoms with E-state index in [1.54, 1.807) is 0 Å². The average molecular weight is 343 g/mol. The van der Waals surface area contributed by atoms with Crippen LogP contribution in [0.4, 0.5) is 0 Å². The predicted octanol–water partition coefficient (Wildman–Crippen LogP) is 1.68. The van der Waals surface area contributed by atoms with Crippen LogP contribution in [0.25, 0.3) is 0 Å². The van der Waals surface area contributed by atoms with Gasteiger partial charge in [-0.25, -0.2) is 0 Å². The summed E-state index contributed by atoms with van der Waals surface area (Å²) in [6, 6.07) is 10.1. The van der Waals surface area contributed by atoms with Gasteiger partial charge in [-0.05, 0) is 37.8 Å². The number of nitrogens with zero attached hydrogens (tertiary/aromatic N) is 2. The highest BCUT2D eigenvalue weighted by Crippen LogP contribution is 2.16. The SMILES string of the molecule is O=C(CCc1ccccc1)N1CCCN(C(=O)C2CCCNC2)CC1. The molecule has 2 saturated heterocycles. The van der Waals surface area contributed by atoms with E-state index in [4.69, 9.17) is 0 Å². The molecule has 1 N–H and O–H groups in total. The molecule has 0 bridgehead atoms. The molecule has 2 heterocycles. The fraction of sp³-hybridized carbons (Fsp3) is 0.600. The van der Waals surface area contributed by atoms with Crippen molar-refractivity contribution in [3.05, 3.63) is 35.9 Å². The molecule has 25 heavy (non-hydrogen) atoms. The maximum atomic E-state index is 12.7. The molecule has 0 spiro atoms. The van der Waals surface area contributed by atoms with Crippen LogP contribution >= 0.6 is 0 Å². The number of piperidine rings is 1. The Labute approximate surface area is 150 Å². The lowest BCUT2D eigenvalue weighted by Gasteiger charge is -2.29. The monoisotopic (exact) mass is 343 g/mol. The van der Waals surface area contributed by atoms with Gasteiger partial charge in [0.15, 0.2) is 0 Å². The van der Waals surface area contributed by atoms with Crippen LogP contribution in [0.1, 0.15) is 31.2 Å². The summed E-state index contributed by atoms with van der Waals surface area (Å²) in [5.41, 5.74) is 1.20. The summed E-state index contributed by atoms with van der Waals surface area (Å²) in [5, 5.41) is 3.32. The first kappa shape index (κ1) is 17.9. The minimum Gasteiger partial charge on any atom is -0.341 e. The zero-order valence-corrected chi connectivity index (χ0v) is 15.0. The first-order chi connectivity index (χ1) is 12.2. The molecule has 5 nitrogen and oxygen atoms in total. The second kappa shape index (κ2) is 8.99. The summed E-state index contributed by atoms with van der Waals surface area (Å²) in [6.45, 7) is 4.70. The van der Waals surface area contributed by atoms with Crippen molar-refractivity contribution in [3.8, 4) is 0 Å². The molecule has 1 aromatic rings. The first-order valence-corrected chi connectivity index (χ1v) is 9.55. The van der Waals surface area contributed by atoms with Gasteiger partial charge in [-0.2, -0.15) is 0 Å². The van der Waals surface area contributed by atoms with Gasteiger partial charge in [-0.1, -0.05) is 30.3 Å². The van der Waals surface area contributed by atoms with Gasteiger partial charge in [-0.3, -0.25) is 9.59 Å². The molecule has 0 aromatic heterocycles. The number of carbonyl (C=O) groups is 2. The topological polar surface area (TPSA) is 52.7 Å². The van der Waals surface area contributed by atoms with E-state index in [0.29, 0.717) is 19.5 Å². The van der Waals surface area contributed by atoms with Crippen molar-refractivity contribution in [1.29, 1.82) is 0 Å². The number of benzene rings is 1. The van der Waals surface area contributed by atoms with Crippen molar-refractivity contribution >= 4 is 11.8 Å². The van der Waals surface area contributed by atoms with E-state index in [2.05, 4.69) is 17.4 Å². The number of aryl methyl sites for hydroxylation is 1. The van der Waals surface area contributed by atoms with Gasteiger partial charge in [0.25, 0.3) is 0 Å². The minimum absolute atomic E-state index is 0.120. The van der Waals surface area contributed by atoms with E-state index in [0.717, 1.165) is 51.9 Å². The van der Waals surface area contributed by atoms with Crippen LogP contribution in [-0.4, -0.2) is 60.9 Å². The van der Waals surface area contributed by atoms with E-state index in [-0.39, 0.29) is 17.7 Å². The van der Waals surface area contributed by atoms with Crippen molar-refractivity contribution in [3.63, 3.8) is 0 Å². The number of hydrogen-bond acceptors (Lipinski definition) is 3. The Balaban J connectivity index is 1.47. The maximum absolute atomic E-state index is 12.7. The highest BCUT2D eigenvalue weighted by atomic mass is 16.2. The van der Waals surface area contributed by atoms with Crippen LogP contribution < -0.4 is 5.32 Å². The van der Waals surface area contributed by atoms with Crippen molar-refractivity contribution in [2.45, 2.75) is 32.1 Å². The third-order valence-corrected chi connectivity index (χ3v) is 5.28.